The van der Waals surface area contributed by atoms with Gasteiger partial charge in [-0.25, -0.2) is 0 Å². The first-order valence-corrected chi connectivity index (χ1v) is 3.45. The van der Waals surface area contributed by atoms with Gasteiger partial charge in [0.15, 0.2) is 0 Å². The molecule has 1 nitrogen and oxygen atoms in total. The van der Waals surface area contributed by atoms with Crippen LogP contribution < -0.4 is 0 Å². The standard InChI is InChI=1S/C7H7N.C2H6/c1-8-6-4-2-3-5-7-8;1-2/h2-3,6-7H,1H3;1-2H3. The zero-order chi connectivity index (χ0) is 7.82. The van der Waals surface area contributed by atoms with Crippen LogP contribution in [-0.2, 0) is 0 Å². The van der Waals surface area contributed by atoms with Gasteiger partial charge >= 0.3 is 0 Å². The van der Waals surface area contributed by atoms with Gasteiger partial charge < -0.3 is 4.90 Å². The molecular weight excluding hydrogens is 122 g/mol. The summed E-state index contributed by atoms with van der Waals surface area (Å²) in [5, 5.41) is 0. The fraction of sp³-hybridized carbons (Fsp3) is 0.333. The minimum atomic E-state index is 1.82. The summed E-state index contributed by atoms with van der Waals surface area (Å²) in [6.45, 7) is 4.00. The molecule has 0 aromatic carbocycles. The number of allylic oxidation sites excluding steroid dienone is 2. The van der Waals surface area contributed by atoms with Crippen LogP contribution in [0.3, 0.4) is 0 Å². The van der Waals surface area contributed by atoms with Gasteiger partial charge in [-0.3, -0.25) is 0 Å². The second-order valence-corrected chi connectivity index (χ2v) is 1.59. The monoisotopic (exact) mass is 135 g/mol. The van der Waals surface area contributed by atoms with Crippen molar-refractivity contribution in [3.63, 3.8) is 0 Å². The first-order valence-electron chi connectivity index (χ1n) is 3.45. The van der Waals surface area contributed by atoms with Crippen molar-refractivity contribution in [2.45, 2.75) is 13.8 Å². The molecule has 0 spiro atoms. The van der Waals surface area contributed by atoms with Crippen molar-refractivity contribution in [1.29, 1.82) is 0 Å². The zero-order valence-electron chi connectivity index (χ0n) is 6.76. The van der Waals surface area contributed by atoms with Gasteiger partial charge in [0.25, 0.3) is 0 Å². The van der Waals surface area contributed by atoms with Crippen LogP contribution in [0.1, 0.15) is 13.8 Å². The SMILES string of the molecule is CC.CN1C=C=CC=C=C1. The van der Waals surface area contributed by atoms with Crippen molar-refractivity contribution in [1.82, 2.24) is 4.90 Å². The van der Waals surface area contributed by atoms with Crippen molar-refractivity contribution in [3.05, 3.63) is 36.0 Å². The van der Waals surface area contributed by atoms with Crippen molar-refractivity contribution < 1.29 is 0 Å². The molecule has 0 saturated heterocycles. The van der Waals surface area contributed by atoms with Crippen LogP contribution in [0.4, 0.5) is 0 Å². The third kappa shape index (κ3) is 3.80. The maximum absolute atomic E-state index is 2.92. The van der Waals surface area contributed by atoms with E-state index in [1.165, 1.54) is 0 Å². The summed E-state index contributed by atoms with van der Waals surface area (Å²) >= 11 is 0. The lowest BCUT2D eigenvalue weighted by Crippen LogP contribution is -1.96. The summed E-state index contributed by atoms with van der Waals surface area (Å²) in [5.41, 5.74) is 5.85. The summed E-state index contributed by atoms with van der Waals surface area (Å²) in [5.74, 6) is 0. The molecule has 1 heteroatoms. The Morgan fingerprint density at radius 2 is 1.40 bits per heavy atom. The zero-order valence-corrected chi connectivity index (χ0v) is 6.76. The van der Waals surface area contributed by atoms with Crippen LogP contribution in [0.2, 0.25) is 0 Å². The van der Waals surface area contributed by atoms with E-state index >= 15 is 0 Å². The molecule has 10 heavy (non-hydrogen) atoms. The molecule has 0 amide bonds. The minimum Gasteiger partial charge on any atom is -0.344 e. The fourth-order valence-electron chi connectivity index (χ4n) is 0.455. The maximum atomic E-state index is 2.92. The Bertz CT molecular complexity index is 167. The average Bonchev–Trinajstić information content (AvgIpc) is 2.21. The van der Waals surface area contributed by atoms with E-state index in [1.807, 2.05) is 50.3 Å². The molecule has 0 aromatic rings. The molecule has 0 radical (unpaired) electrons. The normalized spacial score (nSPS) is 12.5. The van der Waals surface area contributed by atoms with E-state index in [1.54, 1.807) is 0 Å². The molecule has 0 atom stereocenters. The minimum absolute atomic E-state index is 1.82. The van der Waals surface area contributed by atoms with Gasteiger partial charge in [0.1, 0.15) is 0 Å². The molecule has 0 bridgehead atoms. The van der Waals surface area contributed by atoms with E-state index in [9.17, 15) is 0 Å². The summed E-state index contributed by atoms with van der Waals surface area (Å²) in [6, 6.07) is 0. The second kappa shape index (κ2) is 5.97. The van der Waals surface area contributed by atoms with Gasteiger partial charge in [-0.05, 0) is 12.2 Å². The lowest BCUT2D eigenvalue weighted by molar-refractivity contribution is 0.629. The molecule has 54 valence electrons. The number of nitrogens with zero attached hydrogens (tertiary/aromatic N) is 1. The molecule has 1 heterocycles. The summed E-state index contributed by atoms with van der Waals surface area (Å²) < 4.78 is 0. The van der Waals surface area contributed by atoms with Crippen LogP contribution in [0, 0.1) is 0 Å². The van der Waals surface area contributed by atoms with Crippen LogP contribution >= 0.6 is 0 Å². The van der Waals surface area contributed by atoms with Crippen molar-refractivity contribution >= 4 is 0 Å². The highest BCUT2D eigenvalue weighted by molar-refractivity contribution is 5.06. The third-order valence-corrected chi connectivity index (χ3v) is 0.832. The summed E-state index contributed by atoms with van der Waals surface area (Å²) in [4.78, 5) is 1.89. The highest BCUT2D eigenvalue weighted by atomic mass is 15.0. The first kappa shape index (κ1) is 8.84. The van der Waals surface area contributed by atoms with Gasteiger partial charge in [-0.15, -0.1) is 11.5 Å². The molecule has 0 N–H and O–H groups in total. The molecule has 0 aromatic heterocycles. The molecule has 1 aliphatic heterocycles. The molecule has 0 unspecified atom stereocenters. The van der Waals surface area contributed by atoms with Crippen molar-refractivity contribution in [2.75, 3.05) is 7.05 Å². The van der Waals surface area contributed by atoms with Crippen molar-refractivity contribution in [3.8, 4) is 0 Å². The van der Waals surface area contributed by atoms with Crippen LogP contribution in [0.15, 0.2) is 36.0 Å². The molecule has 1 rings (SSSR count). The molecular formula is C9H13N. The Hall–Kier alpha value is -1.16. The Morgan fingerprint density at radius 1 is 1.00 bits per heavy atom. The van der Waals surface area contributed by atoms with Gasteiger partial charge in [-0.2, -0.15) is 0 Å². The van der Waals surface area contributed by atoms with Gasteiger partial charge in [-0.1, -0.05) is 13.8 Å². The third-order valence-electron chi connectivity index (χ3n) is 0.832. The van der Waals surface area contributed by atoms with Gasteiger partial charge in [0.2, 0.25) is 0 Å². The molecule has 0 aliphatic carbocycles. The van der Waals surface area contributed by atoms with E-state index in [-0.39, 0.29) is 0 Å². The number of rotatable bonds is 0. The van der Waals surface area contributed by atoms with Crippen LogP contribution in [0.5, 0.6) is 0 Å². The average molecular weight is 135 g/mol. The van der Waals surface area contributed by atoms with Gasteiger partial charge in [0, 0.05) is 19.4 Å². The second-order valence-electron chi connectivity index (χ2n) is 1.59. The van der Waals surface area contributed by atoms with Crippen LogP contribution in [-0.4, -0.2) is 11.9 Å². The summed E-state index contributed by atoms with van der Waals surface area (Å²) in [7, 11) is 1.94. The van der Waals surface area contributed by atoms with E-state index in [0.29, 0.717) is 0 Å². The predicted octanol–water partition coefficient (Wildman–Crippen LogP) is 2.30. The fourth-order valence-corrected chi connectivity index (χ4v) is 0.455. The quantitative estimate of drug-likeness (QED) is 0.461. The van der Waals surface area contributed by atoms with Crippen molar-refractivity contribution in [2.24, 2.45) is 0 Å². The molecule has 0 fully saturated rings. The Kier molecular flexibility index (Phi) is 5.28. The Labute approximate surface area is 62.7 Å². The highest BCUT2D eigenvalue weighted by Crippen LogP contribution is 1.86. The van der Waals surface area contributed by atoms with E-state index < -0.39 is 0 Å². The predicted molar refractivity (Wildman–Crippen MR) is 44.4 cm³/mol. The Balaban J connectivity index is 0.000000371. The molecule has 1 aliphatic rings. The topological polar surface area (TPSA) is 3.24 Å². The largest absolute Gasteiger partial charge is 0.344 e. The van der Waals surface area contributed by atoms with E-state index in [0.717, 1.165) is 0 Å². The lowest BCUT2D eigenvalue weighted by atomic mass is 10.6. The Morgan fingerprint density at radius 3 is 1.80 bits per heavy atom. The summed E-state index contributed by atoms with van der Waals surface area (Å²) in [6.07, 6.45) is 7.33. The highest BCUT2D eigenvalue weighted by Gasteiger charge is 1.77. The lowest BCUT2D eigenvalue weighted by Gasteiger charge is -1.99. The maximum Gasteiger partial charge on any atom is 0.0466 e. The van der Waals surface area contributed by atoms with Gasteiger partial charge in [0.05, 0.1) is 0 Å². The van der Waals surface area contributed by atoms with E-state index in [2.05, 4.69) is 11.5 Å². The first-order chi connectivity index (χ1) is 4.89. The van der Waals surface area contributed by atoms with E-state index in [4.69, 9.17) is 0 Å². The number of hydrogen-bond donors (Lipinski definition) is 0. The smallest absolute Gasteiger partial charge is 0.0466 e. The number of hydrogen-bond acceptors (Lipinski definition) is 1. The molecule has 0 saturated carbocycles. The van der Waals surface area contributed by atoms with Crippen LogP contribution in [0.25, 0.3) is 0 Å².